The van der Waals surface area contributed by atoms with Crippen molar-refractivity contribution in [2.75, 3.05) is 0 Å². The van der Waals surface area contributed by atoms with Crippen LogP contribution in [0.25, 0.3) is 0 Å². The molecule has 0 fully saturated rings. The van der Waals surface area contributed by atoms with E-state index in [1.54, 1.807) is 0 Å². The minimum absolute atomic E-state index is 0. The fourth-order valence-electron chi connectivity index (χ4n) is 0.811. The topological polar surface area (TPSA) is 0 Å². The van der Waals surface area contributed by atoms with Gasteiger partial charge >= 0.3 is 26.2 Å². The maximum atomic E-state index is 2.16. The summed E-state index contributed by atoms with van der Waals surface area (Å²) in [5.41, 5.74) is 4.25. The first-order chi connectivity index (χ1) is 3.72. The zero-order valence-electron chi connectivity index (χ0n) is 7.29. The Labute approximate surface area is 112 Å². The Kier molecular flexibility index (Phi) is 19.7. The van der Waals surface area contributed by atoms with Gasteiger partial charge in [0.15, 0.2) is 0 Å². The van der Waals surface area contributed by atoms with Gasteiger partial charge in [0.2, 0.25) is 0 Å². The number of aryl methyl sites for hydroxylation is 2. The van der Waals surface area contributed by atoms with Gasteiger partial charge < -0.3 is 37.2 Å². The van der Waals surface area contributed by atoms with Crippen LogP contribution >= 0.6 is 0 Å². The van der Waals surface area contributed by atoms with Crippen molar-refractivity contribution in [1.29, 1.82) is 0 Å². The smallest absolute Gasteiger partial charge is 1.00 e. The molecule has 0 saturated heterocycles. The molecule has 1 aromatic carbocycles. The van der Waals surface area contributed by atoms with E-state index in [0.717, 1.165) is 0 Å². The molecule has 0 aromatic heterocycles. The van der Waals surface area contributed by atoms with Crippen molar-refractivity contribution in [3.8, 4) is 0 Å². The second kappa shape index (κ2) is 10.2. The third-order valence-corrected chi connectivity index (χ3v) is 1.77. The predicted molar refractivity (Wildman–Crippen MR) is 36.2 cm³/mol. The first-order valence-corrected chi connectivity index (χ1v) is 2.91. The zero-order valence-corrected chi connectivity index (χ0v) is 12.0. The second-order valence-electron chi connectivity index (χ2n) is 2.32. The van der Waals surface area contributed by atoms with Gasteiger partial charge in [-0.25, -0.2) is 6.07 Å². The average Bonchev–Trinajstić information content (AvgIpc) is 1.98. The summed E-state index contributed by atoms with van der Waals surface area (Å²) >= 11 is 0. The van der Waals surface area contributed by atoms with Gasteiger partial charge in [-0.2, -0.15) is 22.8 Å². The molecule has 0 saturated carbocycles. The van der Waals surface area contributed by atoms with Crippen LogP contribution in [0.1, 0.15) is 16.7 Å². The second-order valence-corrected chi connectivity index (χ2v) is 2.32. The van der Waals surface area contributed by atoms with Crippen molar-refractivity contribution in [2.45, 2.75) is 20.8 Å². The third kappa shape index (κ3) is 5.70. The van der Waals surface area contributed by atoms with Crippen LogP contribution in [0.2, 0.25) is 0 Å². The quantitative estimate of drug-likeness (QED) is 0.418. The molecule has 0 nitrogen and oxygen atoms in total. The summed E-state index contributed by atoms with van der Waals surface area (Å²) in [6.07, 6.45) is 0. The Morgan fingerprint density at radius 1 is 1.08 bits per heavy atom. The van der Waals surface area contributed by atoms with E-state index in [1.165, 1.54) is 16.7 Å². The van der Waals surface area contributed by atoms with Crippen molar-refractivity contribution in [1.82, 2.24) is 0 Å². The van der Waals surface area contributed by atoms with Crippen molar-refractivity contribution in [2.24, 2.45) is 0 Å². The fourth-order valence-corrected chi connectivity index (χ4v) is 0.811. The van der Waals surface area contributed by atoms with Crippen LogP contribution in [0.3, 0.4) is 0 Å². The van der Waals surface area contributed by atoms with Crippen molar-refractivity contribution in [3.05, 3.63) is 28.8 Å². The summed E-state index contributed by atoms with van der Waals surface area (Å²) < 4.78 is 0. The molecular weight excluding hydrogens is 294 g/mol. The van der Waals surface area contributed by atoms with Gasteiger partial charge in [-0.15, -0.1) is 0 Å². The van der Waals surface area contributed by atoms with Crippen LogP contribution in [0.4, 0.5) is 0 Å². The van der Waals surface area contributed by atoms with E-state index >= 15 is 0 Å². The van der Waals surface area contributed by atoms with Crippen LogP contribution in [0, 0.1) is 20.8 Å². The average molecular weight is 305 g/mol. The standard InChI is InChI=1S/C8H11.3ClH.Zr/c1-6-4-5-7(2)8(6)3;;;;/h4-5H,1-3H3;3*1H;/q-1;;;;+4/p-3. The Balaban J connectivity index is -0.0000000800. The Bertz CT molecular complexity index is 177. The maximum absolute atomic E-state index is 2.16. The van der Waals surface area contributed by atoms with Crippen molar-refractivity contribution < 1.29 is 63.4 Å². The summed E-state index contributed by atoms with van der Waals surface area (Å²) in [5, 5.41) is 0. The van der Waals surface area contributed by atoms with Gasteiger partial charge in [-0.05, 0) is 0 Å². The molecule has 0 aliphatic heterocycles. The molecule has 0 spiro atoms. The first kappa shape index (κ1) is 23.2. The van der Waals surface area contributed by atoms with Crippen LogP contribution in [-0.4, -0.2) is 0 Å². The molecular formula is C8H11Cl3Zr. The molecule has 0 aliphatic rings. The van der Waals surface area contributed by atoms with Gasteiger partial charge in [0.25, 0.3) is 0 Å². The molecule has 0 aliphatic carbocycles. The van der Waals surface area contributed by atoms with Crippen LogP contribution < -0.4 is 37.2 Å². The van der Waals surface area contributed by atoms with E-state index in [0.29, 0.717) is 0 Å². The molecule has 12 heavy (non-hydrogen) atoms. The monoisotopic (exact) mass is 302 g/mol. The Morgan fingerprint density at radius 2 is 1.50 bits per heavy atom. The molecule has 0 unspecified atom stereocenters. The normalized spacial score (nSPS) is 6.58. The zero-order chi connectivity index (χ0) is 6.15. The van der Waals surface area contributed by atoms with E-state index in [2.05, 4.69) is 32.9 Å². The van der Waals surface area contributed by atoms with Crippen LogP contribution in [0.15, 0.2) is 12.1 Å². The number of hydrogen-bond donors (Lipinski definition) is 0. The van der Waals surface area contributed by atoms with E-state index in [4.69, 9.17) is 0 Å². The SMILES string of the molecule is Cc1cc[c-](C)c1C.[Cl-].[Cl-].[Cl-].[Zr+4]. The molecule has 68 valence electrons. The minimum Gasteiger partial charge on any atom is -1.00 e. The van der Waals surface area contributed by atoms with Crippen molar-refractivity contribution >= 4 is 0 Å². The van der Waals surface area contributed by atoms with E-state index in [-0.39, 0.29) is 63.4 Å². The molecule has 0 atom stereocenters. The Hall–Kier alpha value is 1.10. The molecule has 4 heteroatoms. The van der Waals surface area contributed by atoms with E-state index in [9.17, 15) is 0 Å². The first-order valence-electron chi connectivity index (χ1n) is 2.91. The van der Waals surface area contributed by atoms with Crippen LogP contribution in [0.5, 0.6) is 0 Å². The molecule has 0 heterocycles. The molecule has 0 N–H and O–H groups in total. The number of rotatable bonds is 0. The van der Waals surface area contributed by atoms with Gasteiger partial charge in [-0.3, -0.25) is 0 Å². The molecule has 0 radical (unpaired) electrons. The molecule has 0 bridgehead atoms. The molecule has 1 aromatic rings. The number of halogens is 3. The van der Waals surface area contributed by atoms with Gasteiger partial charge in [-0.1, -0.05) is 20.8 Å². The summed E-state index contributed by atoms with van der Waals surface area (Å²) in [4.78, 5) is 0. The van der Waals surface area contributed by atoms with Crippen molar-refractivity contribution in [3.63, 3.8) is 0 Å². The van der Waals surface area contributed by atoms with E-state index in [1.807, 2.05) is 0 Å². The molecule has 0 amide bonds. The minimum atomic E-state index is 0. The summed E-state index contributed by atoms with van der Waals surface area (Å²) in [6, 6.07) is 4.31. The maximum Gasteiger partial charge on any atom is 4.00 e. The van der Waals surface area contributed by atoms with Crippen LogP contribution in [-0.2, 0) is 26.2 Å². The number of hydrogen-bond acceptors (Lipinski definition) is 0. The molecule has 1 rings (SSSR count). The third-order valence-electron chi connectivity index (χ3n) is 1.77. The summed E-state index contributed by atoms with van der Waals surface area (Å²) in [5.74, 6) is 0. The van der Waals surface area contributed by atoms with Gasteiger partial charge in [0, 0.05) is 0 Å². The van der Waals surface area contributed by atoms with E-state index < -0.39 is 0 Å². The fraction of sp³-hybridized carbons (Fsp3) is 0.375. The van der Waals surface area contributed by atoms with Gasteiger partial charge in [0.1, 0.15) is 0 Å². The Morgan fingerprint density at radius 3 is 1.58 bits per heavy atom. The largest absolute Gasteiger partial charge is 4.00 e. The predicted octanol–water partition coefficient (Wildman–Crippen LogP) is -6.66. The summed E-state index contributed by atoms with van der Waals surface area (Å²) in [7, 11) is 0. The van der Waals surface area contributed by atoms with Gasteiger partial charge in [0.05, 0.1) is 0 Å². The summed E-state index contributed by atoms with van der Waals surface area (Å²) in [6.45, 7) is 6.44.